The van der Waals surface area contributed by atoms with Crippen molar-refractivity contribution in [2.24, 2.45) is 34.0 Å². The van der Waals surface area contributed by atoms with E-state index in [0.717, 1.165) is 19.3 Å². The first-order chi connectivity index (χ1) is 18.9. The topological polar surface area (TPSA) is 119 Å². The molecule has 3 fully saturated rings. The minimum Gasteiger partial charge on any atom is -0.459 e. The van der Waals surface area contributed by atoms with Crippen LogP contribution in [0.1, 0.15) is 76.6 Å². The molecule has 0 spiro atoms. The molecule has 0 aromatic heterocycles. The number of aliphatic hydroxyl groups is 1. The zero-order valence-corrected chi connectivity index (χ0v) is 24.1. The summed E-state index contributed by atoms with van der Waals surface area (Å²) in [6.07, 6.45) is 4.32. The summed E-state index contributed by atoms with van der Waals surface area (Å²) in [5, 5.41) is 14.2. The van der Waals surface area contributed by atoms with Gasteiger partial charge >= 0.3 is 11.9 Å². The minimum absolute atomic E-state index is 0.136. The maximum atomic E-state index is 13.6. The highest BCUT2D eigenvalue weighted by molar-refractivity contribution is 5.96. The van der Waals surface area contributed by atoms with Gasteiger partial charge < -0.3 is 19.9 Å². The van der Waals surface area contributed by atoms with Crippen LogP contribution in [-0.2, 0) is 23.9 Å². The number of ether oxygens (including phenoxy) is 2. The van der Waals surface area contributed by atoms with Crippen LogP contribution < -0.4 is 5.32 Å². The number of carbonyl (C=O) groups excluding carboxylic acids is 4. The number of rotatable bonds is 7. The lowest BCUT2D eigenvalue weighted by Gasteiger charge is -2.57. The summed E-state index contributed by atoms with van der Waals surface area (Å²) in [6.45, 7) is 11.3. The van der Waals surface area contributed by atoms with Crippen LogP contribution in [-0.4, -0.2) is 54.1 Å². The van der Waals surface area contributed by atoms with E-state index >= 15 is 0 Å². The maximum absolute atomic E-state index is 13.6. The van der Waals surface area contributed by atoms with E-state index in [-0.39, 0.29) is 23.5 Å². The predicted octanol–water partition coefficient (Wildman–Crippen LogP) is 4.26. The summed E-state index contributed by atoms with van der Waals surface area (Å²) in [5.41, 5.74) is -1.39. The van der Waals surface area contributed by atoms with Crippen molar-refractivity contribution in [3.63, 3.8) is 0 Å². The Bertz CT molecular complexity index is 1150. The minimum atomic E-state index is -0.768. The number of benzene rings is 1. The zero-order chi connectivity index (χ0) is 29.3. The summed E-state index contributed by atoms with van der Waals surface area (Å²) >= 11 is 0. The Morgan fingerprint density at radius 2 is 1.82 bits per heavy atom. The van der Waals surface area contributed by atoms with Crippen molar-refractivity contribution in [3.8, 4) is 0 Å². The summed E-state index contributed by atoms with van der Waals surface area (Å²) in [6, 6.07) is 8.47. The molecular formula is C32H43NO7. The molecule has 3 aliphatic carbocycles. The fourth-order valence-electron chi connectivity index (χ4n) is 8.16. The molecule has 2 bridgehead atoms. The summed E-state index contributed by atoms with van der Waals surface area (Å²) in [4.78, 5) is 51.1. The van der Waals surface area contributed by atoms with Gasteiger partial charge in [-0.05, 0) is 48.6 Å². The van der Waals surface area contributed by atoms with Crippen molar-refractivity contribution in [1.82, 2.24) is 5.32 Å². The SMILES string of the molecule is C=C[C@]1(C)C[C@@H](OC(=O)COC(=O)CNC(=O)c2ccccc2)[C@]2(C)CCC[C@@H](C)[C@@]3(CCC(=O)[C@@H]23)[C@@H](C)[C@@H]1O. The molecule has 40 heavy (non-hydrogen) atoms. The maximum Gasteiger partial charge on any atom is 0.344 e. The second-order valence-corrected chi connectivity index (χ2v) is 12.6. The van der Waals surface area contributed by atoms with Gasteiger partial charge in [-0.15, -0.1) is 6.58 Å². The van der Waals surface area contributed by atoms with Gasteiger partial charge in [0, 0.05) is 28.7 Å². The molecule has 1 aromatic carbocycles. The zero-order valence-electron chi connectivity index (χ0n) is 24.1. The van der Waals surface area contributed by atoms with Gasteiger partial charge in [-0.3, -0.25) is 14.4 Å². The molecule has 8 nitrogen and oxygen atoms in total. The summed E-state index contributed by atoms with van der Waals surface area (Å²) in [7, 11) is 0. The van der Waals surface area contributed by atoms with Gasteiger partial charge in [0.2, 0.25) is 0 Å². The van der Waals surface area contributed by atoms with Gasteiger partial charge in [0.15, 0.2) is 6.61 Å². The van der Waals surface area contributed by atoms with Crippen LogP contribution in [0.25, 0.3) is 0 Å². The molecule has 0 aliphatic heterocycles. The average molecular weight is 554 g/mol. The molecule has 0 radical (unpaired) electrons. The van der Waals surface area contributed by atoms with Crippen LogP contribution in [0.3, 0.4) is 0 Å². The molecule has 2 N–H and O–H groups in total. The molecule has 4 rings (SSSR count). The van der Waals surface area contributed by atoms with E-state index in [1.54, 1.807) is 36.4 Å². The molecule has 218 valence electrons. The standard InChI is InChI=1S/C32H43NO7/c1-6-30(4)17-24(40-26(36)19-39-25(35)18-33-29(38)22-12-8-7-9-13-22)31(5)15-10-11-20(2)32(21(3)28(30)37)16-14-23(34)27(31)32/h6-9,12-13,20-21,24,27-28,37H,1,10-11,14-19H2,2-5H3,(H,33,38)/t20-,21+,24-,27+,28+,30-,31+,32+/m1/s1. The molecule has 1 amide bonds. The quantitative estimate of drug-likeness (QED) is 0.383. The number of amides is 1. The second-order valence-electron chi connectivity index (χ2n) is 12.6. The lowest BCUT2D eigenvalue weighted by molar-refractivity contribution is -0.191. The van der Waals surface area contributed by atoms with Crippen molar-refractivity contribution in [2.45, 2.75) is 78.4 Å². The first kappa shape index (κ1) is 30.0. The van der Waals surface area contributed by atoms with Crippen LogP contribution >= 0.6 is 0 Å². The number of hydrogen-bond acceptors (Lipinski definition) is 7. The number of carbonyl (C=O) groups is 4. The lowest BCUT2D eigenvalue weighted by atomic mass is 9.48. The van der Waals surface area contributed by atoms with Gasteiger partial charge in [0.25, 0.3) is 5.91 Å². The Morgan fingerprint density at radius 1 is 1.12 bits per heavy atom. The van der Waals surface area contributed by atoms with Crippen LogP contribution in [0.5, 0.6) is 0 Å². The summed E-state index contributed by atoms with van der Waals surface area (Å²) < 4.78 is 11.2. The summed E-state index contributed by atoms with van der Waals surface area (Å²) in [5.74, 6) is -1.99. The van der Waals surface area contributed by atoms with Gasteiger partial charge in [-0.25, -0.2) is 4.79 Å². The lowest BCUT2D eigenvalue weighted by Crippen LogP contribution is -2.59. The molecule has 3 saturated carbocycles. The largest absolute Gasteiger partial charge is 0.459 e. The van der Waals surface area contributed by atoms with E-state index in [1.165, 1.54) is 0 Å². The van der Waals surface area contributed by atoms with Crippen LogP contribution in [0.2, 0.25) is 0 Å². The van der Waals surface area contributed by atoms with E-state index in [1.807, 2.05) is 6.92 Å². The first-order valence-corrected chi connectivity index (χ1v) is 14.4. The van der Waals surface area contributed by atoms with Crippen LogP contribution in [0, 0.1) is 34.0 Å². The van der Waals surface area contributed by atoms with E-state index in [9.17, 15) is 24.3 Å². The molecular weight excluding hydrogens is 510 g/mol. The fourth-order valence-corrected chi connectivity index (χ4v) is 8.16. The Labute approximate surface area is 236 Å². The highest BCUT2D eigenvalue weighted by Gasteiger charge is 2.67. The normalized spacial score (nSPS) is 37.2. The monoisotopic (exact) mass is 553 g/mol. The van der Waals surface area contributed by atoms with Gasteiger partial charge in [-0.2, -0.15) is 0 Å². The Hall–Kier alpha value is -3.00. The van der Waals surface area contributed by atoms with Crippen molar-refractivity contribution < 1.29 is 33.8 Å². The molecule has 8 heteroatoms. The van der Waals surface area contributed by atoms with Crippen LogP contribution in [0.15, 0.2) is 43.0 Å². The molecule has 3 aliphatic rings. The van der Waals surface area contributed by atoms with Crippen molar-refractivity contribution >= 4 is 23.6 Å². The van der Waals surface area contributed by atoms with E-state index in [2.05, 4.69) is 32.7 Å². The fraction of sp³-hybridized carbons (Fsp3) is 0.625. The van der Waals surface area contributed by atoms with Gasteiger partial charge in [0.05, 0.1) is 6.10 Å². The molecule has 1 aromatic rings. The van der Waals surface area contributed by atoms with Crippen molar-refractivity contribution in [2.75, 3.05) is 13.2 Å². The Kier molecular flexibility index (Phi) is 8.60. The third kappa shape index (κ3) is 5.22. The first-order valence-electron chi connectivity index (χ1n) is 14.4. The van der Waals surface area contributed by atoms with Gasteiger partial charge in [0.1, 0.15) is 18.4 Å². The number of aliphatic hydroxyl groups excluding tert-OH is 1. The number of esters is 2. The van der Waals surface area contributed by atoms with Crippen LogP contribution in [0.4, 0.5) is 0 Å². The highest BCUT2D eigenvalue weighted by atomic mass is 16.6. The highest BCUT2D eigenvalue weighted by Crippen LogP contribution is 2.66. The van der Waals surface area contributed by atoms with Gasteiger partial charge in [-0.1, -0.05) is 64.8 Å². The smallest absolute Gasteiger partial charge is 0.344 e. The van der Waals surface area contributed by atoms with Crippen molar-refractivity contribution in [3.05, 3.63) is 48.6 Å². The Morgan fingerprint density at radius 3 is 2.50 bits per heavy atom. The second kappa shape index (κ2) is 11.5. The molecule has 8 atom stereocenters. The number of Topliss-reactive ketones (excluding diaryl/α,β-unsaturated/α-hetero) is 1. The molecule has 0 unspecified atom stereocenters. The Balaban J connectivity index is 1.52. The predicted molar refractivity (Wildman–Crippen MR) is 149 cm³/mol. The number of ketones is 1. The van der Waals surface area contributed by atoms with E-state index < -0.39 is 59.5 Å². The molecule has 0 heterocycles. The van der Waals surface area contributed by atoms with E-state index in [0.29, 0.717) is 24.8 Å². The van der Waals surface area contributed by atoms with E-state index in [4.69, 9.17) is 9.47 Å². The third-order valence-electron chi connectivity index (χ3n) is 10.5. The average Bonchev–Trinajstić information content (AvgIpc) is 3.25. The number of nitrogens with one attached hydrogen (secondary N) is 1. The number of hydrogen-bond donors (Lipinski definition) is 2. The van der Waals surface area contributed by atoms with Crippen molar-refractivity contribution in [1.29, 1.82) is 0 Å². The molecule has 0 saturated heterocycles. The third-order valence-corrected chi connectivity index (χ3v) is 10.5.